The first-order chi connectivity index (χ1) is 6.93. The Morgan fingerprint density at radius 2 is 1.87 bits per heavy atom. The highest BCUT2D eigenvalue weighted by Crippen LogP contribution is 2.53. The molecule has 84 valence electrons. The van der Waals surface area contributed by atoms with E-state index in [0.29, 0.717) is 18.8 Å². The molecule has 4 atom stereocenters. The van der Waals surface area contributed by atoms with E-state index in [2.05, 4.69) is 6.58 Å². The maximum atomic E-state index is 12.2. The van der Waals surface area contributed by atoms with E-state index in [4.69, 9.17) is 0 Å². The minimum Gasteiger partial charge on any atom is -0.289 e. The van der Waals surface area contributed by atoms with Gasteiger partial charge in [-0.25, -0.2) is 0 Å². The first-order valence-corrected chi connectivity index (χ1v) is 5.17. The molecule has 2 bridgehead atoms. The second-order valence-corrected chi connectivity index (χ2v) is 4.60. The third-order valence-corrected chi connectivity index (χ3v) is 3.83. The Bertz CT molecular complexity index is 295. The number of allylic oxidation sites excluding steroid dienone is 1. The summed E-state index contributed by atoms with van der Waals surface area (Å²) in [5.74, 6) is -1.77. The zero-order valence-electron chi connectivity index (χ0n) is 8.26. The normalized spacial score (nSPS) is 39.4. The van der Waals surface area contributed by atoms with Crippen LogP contribution < -0.4 is 0 Å². The van der Waals surface area contributed by atoms with Crippen molar-refractivity contribution in [1.29, 1.82) is 0 Å². The summed E-state index contributed by atoms with van der Waals surface area (Å²) >= 11 is 0. The summed E-state index contributed by atoms with van der Waals surface area (Å²) in [4.78, 5) is 11.1. The van der Waals surface area contributed by atoms with Crippen LogP contribution in [0.25, 0.3) is 0 Å². The number of Topliss-reactive ketones (excluding diaryl/α,β-unsaturated/α-hetero) is 1. The van der Waals surface area contributed by atoms with Crippen LogP contribution in [0, 0.1) is 23.7 Å². The minimum atomic E-state index is -4.65. The zero-order chi connectivity index (χ0) is 11.2. The summed E-state index contributed by atoms with van der Waals surface area (Å²) < 4.78 is 36.7. The smallest absolute Gasteiger partial charge is 0.289 e. The molecule has 1 nitrogen and oxygen atoms in total. The highest BCUT2D eigenvalue weighted by atomic mass is 19.4. The molecule has 0 N–H and O–H groups in total. The number of ketones is 1. The highest BCUT2D eigenvalue weighted by Gasteiger charge is 2.53. The van der Waals surface area contributed by atoms with Gasteiger partial charge in [0.1, 0.15) is 0 Å². The number of fused-ring (bicyclic) bond motifs is 2. The van der Waals surface area contributed by atoms with Gasteiger partial charge in [0.25, 0.3) is 0 Å². The Morgan fingerprint density at radius 1 is 1.20 bits per heavy atom. The van der Waals surface area contributed by atoms with Crippen molar-refractivity contribution in [3.05, 3.63) is 12.7 Å². The molecule has 0 amide bonds. The van der Waals surface area contributed by atoms with Crippen LogP contribution in [0.4, 0.5) is 13.2 Å². The molecule has 0 aromatic carbocycles. The van der Waals surface area contributed by atoms with E-state index in [0.717, 1.165) is 6.42 Å². The number of carbonyl (C=O) groups excluding carboxylic acids is 1. The number of alkyl halides is 3. The number of carbonyl (C=O) groups is 1. The fourth-order valence-corrected chi connectivity index (χ4v) is 3.14. The predicted molar refractivity (Wildman–Crippen MR) is 49.1 cm³/mol. The first kappa shape index (κ1) is 10.7. The molecule has 0 aliphatic heterocycles. The Morgan fingerprint density at radius 3 is 2.27 bits per heavy atom. The van der Waals surface area contributed by atoms with Crippen molar-refractivity contribution < 1.29 is 18.0 Å². The van der Waals surface area contributed by atoms with Gasteiger partial charge in [0.15, 0.2) is 0 Å². The van der Waals surface area contributed by atoms with Crippen LogP contribution >= 0.6 is 0 Å². The number of rotatable bonds is 2. The van der Waals surface area contributed by atoms with E-state index < -0.39 is 17.9 Å². The van der Waals surface area contributed by atoms with Crippen LogP contribution in [-0.4, -0.2) is 12.0 Å². The van der Waals surface area contributed by atoms with Gasteiger partial charge in [-0.1, -0.05) is 6.08 Å². The molecule has 0 aromatic heterocycles. The zero-order valence-corrected chi connectivity index (χ0v) is 8.26. The molecule has 15 heavy (non-hydrogen) atoms. The lowest BCUT2D eigenvalue weighted by molar-refractivity contribution is -0.177. The van der Waals surface area contributed by atoms with Gasteiger partial charge in [-0.2, -0.15) is 13.2 Å². The molecular formula is C11H13F3O. The molecular weight excluding hydrogens is 205 g/mol. The number of halogens is 3. The van der Waals surface area contributed by atoms with E-state index in [1.165, 1.54) is 0 Å². The SMILES string of the molecule is C=CC1CC2CC1CC2C(=O)C(F)(F)F. The van der Waals surface area contributed by atoms with Crippen LogP contribution in [0.2, 0.25) is 0 Å². The largest absolute Gasteiger partial charge is 0.450 e. The summed E-state index contributed by atoms with van der Waals surface area (Å²) in [6.07, 6.45) is -0.957. The quantitative estimate of drug-likeness (QED) is 0.651. The van der Waals surface area contributed by atoms with Crippen molar-refractivity contribution in [3.63, 3.8) is 0 Å². The van der Waals surface area contributed by atoms with Gasteiger partial charge in [-0.3, -0.25) is 4.79 Å². The minimum absolute atomic E-state index is 0.0628. The van der Waals surface area contributed by atoms with Crippen molar-refractivity contribution in [1.82, 2.24) is 0 Å². The third-order valence-electron chi connectivity index (χ3n) is 3.83. The maximum Gasteiger partial charge on any atom is 0.450 e. The van der Waals surface area contributed by atoms with Crippen molar-refractivity contribution in [2.45, 2.75) is 25.4 Å². The molecule has 2 aliphatic carbocycles. The summed E-state index contributed by atoms with van der Waals surface area (Å²) in [6.45, 7) is 3.67. The van der Waals surface area contributed by atoms with E-state index in [1.54, 1.807) is 0 Å². The monoisotopic (exact) mass is 218 g/mol. The molecule has 0 aromatic rings. The molecule has 2 fully saturated rings. The van der Waals surface area contributed by atoms with Crippen molar-refractivity contribution in [3.8, 4) is 0 Å². The topological polar surface area (TPSA) is 17.1 Å². The van der Waals surface area contributed by atoms with Gasteiger partial charge in [-0.05, 0) is 37.0 Å². The van der Waals surface area contributed by atoms with Gasteiger partial charge in [0.2, 0.25) is 5.78 Å². The van der Waals surface area contributed by atoms with Crippen molar-refractivity contribution in [2.24, 2.45) is 23.7 Å². The Kier molecular flexibility index (Phi) is 2.40. The molecule has 2 aliphatic rings. The van der Waals surface area contributed by atoms with Gasteiger partial charge in [-0.15, -0.1) is 6.58 Å². The second kappa shape index (κ2) is 3.35. The standard InChI is InChI=1S/C11H13F3O/c1-2-6-3-8-4-7(6)5-9(8)10(15)11(12,13)14/h2,6-9H,1,3-5H2. The molecule has 4 heteroatoms. The lowest BCUT2D eigenvalue weighted by Gasteiger charge is -2.25. The predicted octanol–water partition coefficient (Wildman–Crippen LogP) is 2.97. The fourth-order valence-electron chi connectivity index (χ4n) is 3.14. The van der Waals surface area contributed by atoms with Crippen LogP contribution in [0.5, 0.6) is 0 Å². The molecule has 0 spiro atoms. The van der Waals surface area contributed by atoms with Crippen molar-refractivity contribution in [2.75, 3.05) is 0 Å². The second-order valence-electron chi connectivity index (χ2n) is 4.60. The number of hydrogen-bond donors (Lipinski definition) is 0. The first-order valence-electron chi connectivity index (χ1n) is 5.17. The Labute approximate surface area is 86.3 Å². The van der Waals surface area contributed by atoms with Gasteiger partial charge in [0.05, 0.1) is 0 Å². The average Bonchev–Trinajstić information content (AvgIpc) is 2.72. The van der Waals surface area contributed by atoms with Crippen molar-refractivity contribution >= 4 is 5.78 Å². The summed E-state index contributed by atoms with van der Waals surface area (Å²) in [5.41, 5.74) is 0. The average molecular weight is 218 g/mol. The summed E-state index contributed by atoms with van der Waals surface area (Å²) in [5, 5.41) is 0. The summed E-state index contributed by atoms with van der Waals surface area (Å²) in [6, 6.07) is 0. The van der Waals surface area contributed by atoms with E-state index in [-0.39, 0.29) is 11.8 Å². The van der Waals surface area contributed by atoms with Gasteiger partial charge in [0, 0.05) is 5.92 Å². The van der Waals surface area contributed by atoms with Gasteiger partial charge < -0.3 is 0 Å². The fraction of sp³-hybridized carbons (Fsp3) is 0.727. The molecule has 0 heterocycles. The van der Waals surface area contributed by atoms with Crippen LogP contribution in [-0.2, 0) is 4.79 Å². The lowest BCUT2D eigenvalue weighted by atomic mass is 9.80. The maximum absolute atomic E-state index is 12.2. The number of hydrogen-bond acceptors (Lipinski definition) is 1. The van der Waals surface area contributed by atoms with E-state index in [1.807, 2.05) is 6.08 Å². The van der Waals surface area contributed by atoms with E-state index in [9.17, 15) is 18.0 Å². The van der Waals surface area contributed by atoms with Crippen LogP contribution in [0.3, 0.4) is 0 Å². The van der Waals surface area contributed by atoms with E-state index >= 15 is 0 Å². The molecule has 2 rings (SSSR count). The molecule has 2 saturated carbocycles. The Hall–Kier alpha value is -0.800. The highest BCUT2D eigenvalue weighted by molar-refractivity contribution is 5.87. The molecule has 0 saturated heterocycles. The van der Waals surface area contributed by atoms with Crippen LogP contribution in [0.15, 0.2) is 12.7 Å². The summed E-state index contributed by atoms with van der Waals surface area (Å²) in [7, 11) is 0. The molecule has 0 radical (unpaired) electrons. The lowest BCUT2D eigenvalue weighted by Crippen LogP contribution is -2.34. The third kappa shape index (κ3) is 1.70. The molecule has 4 unspecified atom stereocenters. The van der Waals surface area contributed by atoms with Crippen LogP contribution in [0.1, 0.15) is 19.3 Å². The van der Waals surface area contributed by atoms with Gasteiger partial charge >= 0.3 is 6.18 Å². The Balaban J connectivity index is 2.06.